The number of aliphatic hydroxyl groups is 1. The zero-order chi connectivity index (χ0) is 16.0. The van der Waals surface area contributed by atoms with Gasteiger partial charge in [0.25, 0.3) is 0 Å². The van der Waals surface area contributed by atoms with E-state index >= 15 is 0 Å². The number of carbonyl (C=O) groups is 1. The van der Waals surface area contributed by atoms with Crippen molar-refractivity contribution in [2.24, 2.45) is 5.41 Å². The molecule has 22 heavy (non-hydrogen) atoms. The minimum Gasteiger partial charge on any atom is -0.495 e. The third-order valence-corrected chi connectivity index (χ3v) is 4.80. The normalized spacial score (nSPS) is 17.1. The van der Waals surface area contributed by atoms with Crippen LogP contribution in [0.15, 0.2) is 24.3 Å². The number of carbonyl (C=O) groups excluding carboxylic acids is 1. The van der Waals surface area contributed by atoms with Crippen LogP contribution < -0.4 is 10.1 Å². The summed E-state index contributed by atoms with van der Waals surface area (Å²) in [7, 11) is 1.62. The number of methoxy groups -OCH3 is 1. The summed E-state index contributed by atoms with van der Waals surface area (Å²) in [6, 6.07) is 7.57. The van der Waals surface area contributed by atoms with Crippen molar-refractivity contribution in [3.05, 3.63) is 24.3 Å². The van der Waals surface area contributed by atoms with Crippen LogP contribution in [0.25, 0.3) is 0 Å². The minimum absolute atomic E-state index is 0.00680. The monoisotopic (exact) mass is 306 g/mol. The lowest BCUT2D eigenvalue weighted by Crippen LogP contribution is -2.46. The molecular weight excluding hydrogens is 280 g/mol. The van der Waals surface area contributed by atoms with Crippen molar-refractivity contribution in [3.8, 4) is 5.75 Å². The number of hydrogen-bond acceptors (Lipinski definition) is 4. The Balaban J connectivity index is 1.86. The third kappa shape index (κ3) is 3.71. The Bertz CT molecular complexity index is 490. The SMILES string of the molecule is CCC1(CO)CCN(C(=O)CNc2ccccc2OC)CC1. The molecule has 5 heteroatoms. The largest absolute Gasteiger partial charge is 0.495 e. The highest BCUT2D eigenvalue weighted by molar-refractivity contribution is 5.81. The Labute approximate surface area is 132 Å². The molecule has 1 saturated heterocycles. The fourth-order valence-electron chi connectivity index (χ4n) is 2.93. The van der Waals surface area contributed by atoms with E-state index in [1.165, 1.54) is 0 Å². The van der Waals surface area contributed by atoms with E-state index in [2.05, 4.69) is 12.2 Å². The summed E-state index contributed by atoms with van der Waals surface area (Å²) >= 11 is 0. The Morgan fingerprint density at radius 3 is 2.64 bits per heavy atom. The molecule has 0 unspecified atom stereocenters. The zero-order valence-corrected chi connectivity index (χ0v) is 13.5. The van der Waals surface area contributed by atoms with Crippen LogP contribution in [0, 0.1) is 5.41 Å². The molecule has 1 aromatic rings. The van der Waals surface area contributed by atoms with Gasteiger partial charge in [0.2, 0.25) is 5.91 Å². The van der Waals surface area contributed by atoms with E-state index in [4.69, 9.17) is 4.74 Å². The van der Waals surface area contributed by atoms with Crippen molar-refractivity contribution >= 4 is 11.6 Å². The average molecular weight is 306 g/mol. The van der Waals surface area contributed by atoms with E-state index in [1.54, 1.807) is 7.11 Å². The molecule has 0 saturated carbocycles. The van der Waals surface area contributed by atoms with Crippen molar-refractivity contribution < 1.29 is 14.6 Å². The number of hydrogen-bond donors (Lipinski definition) is 2. The van der Waals surface area contributed by atoms with Gasteiger partial charge in [0.05, 0.1) is 19.3 Å². The van der Waals surface area contributed by atoms with Crippen LogP contribution in [0.3, 0.4) is 0 Å². The number of aliphatic hydroxyl groups excluding tert-OH is 1. The number of nitrogens with zero attached hydrogens (tertiary/aromatic N) is 1. The van der Waals surface area contributed by atoms with Gasteiger partial charge in [0.1, 0.15) is 5.75 Å². The maximum atomic E-state index is 12.3. The molecule has 0 bridgehead atoms. The lowest BCUT2D eigenvalue weighted by atomic mass is 9.77. The number of benzene rings is 1. The first-order chi connectivity index (χ1) is 10.6. The number of amides is 1. The number of nitrogens with one attached hydrogen (secondary N) is 1. The predicted molar refractivity (Wildman–Crippen MR) is 87.1 cm³/mol. The van der Waals surface area contributed by atoms with Crippen LogP contribution in [0.5, 0.6) is 5.75 Å². The van der Waals surface area contributed by atoms with Gasteiger partial charge in [-0.2, -0.15) is 0 Å². The number of para-hydroxylation sites is 2. The van der Waals surface area contributed by atoms with Crippen molar-refractivity contribution in [3.63, 3.8) is 0 Å². The number of piperidine rings is 1. The van der Waals surface area contributed by atoms with E-state index < -0.39 is 0 Å². The standard InChI is InChI=1S/C17H26N2O3/c1-3-17(13-20)8-10-19(11-9-17)16(21)12-18-14-6-4-5-7-15(14)22-2/h4-7,18,20H,3,8-13H2,1-2H3. The van der Waals surface area contributed by atoms with Gasteiger partial charge in [0, 0.05) is 19.7 Å². The maximum Gasteiger partial charge on any atom is 0.241 e. The highest BCUT2D eigenvalue weighted by atomic mass is 16.5. The van der Waals surface area contributed by atoms with Gasteiger partial charge in [0.15, 0.2) is 0 Å². The van der Waals surface area contributed by atoms with Gasteiger partial charge in [-0.05, 0) is 36.8 Å². The Morgan fingerprint density at radius 1 is 1.36 bits per heavy atom. The summed E-state index contributed by atoms with van der Waals surface area (Å²) in [5.74, 6) is 0.827. The number of rotatable bonds is 6. The van der Waals surface area contributed by atoms with Gasteiger partial charge in [-0.25, -0.2) is 0 Å². The Morgan fingerprint density at radius 2 is 2.05 bits per heavy atom. The second-order valence-electron chi connectivity index (χ2n) is 5.95. The Kier molecular flexibility index (Phi) is 5.66. The summed E-state index contributed by atoms with van der Waals surface area (Å²) in [5.41, 5.74) is 0.834. The van der Waals surface area contributed by atoms with Crippen LogP contribution in [-0.4, -0.2) is 49.3 Å². The van der Waals surface area contributed by atoms with Gasteiger partial charge in [-0.1, -0.05) is 19.1 Å². The molecule has 0 radical (unpaired) electrons. The average Bonchev–Trinajstić information content (AvgIpc) is 2.60. The number of ether oxygens (including phenoxy) is 1. The first-order valence-electron chi connectivity index (χ1n) is 7.89. The minimum atomic E-state index is 0.00680. The molecule has 0 aliphatic carbocycles. The van der Waals surface area contributed by atoms with Gasteiger partial charge >= 0.3 is 0 Å². The molecule has 1 aromatic carbocycles. The second-order valence-corrected chi connectivity index (χ2v) is 5.95. The molecular formula is C17H26N2O3. The van der Waals surface area contributed by atoms with Crippen LogP contribution in [-0.2, 0) is 4.79 Å². The summed E-state index contributed by atoms with van der Waals surface area (Å²) in [6.07, 6.45) is 2.71. The van der Waals surface area contributed by atoms with E-state index in [-0.39, 0.29) is 24.5 Å². The molecule has 2 N–H and O–H groups in total. The van der Waals surface area contributed by atoms with Crippen molar-refractivity contribution in [1.82, 2.24) is 4.90 Å². The van der Waals surface area contributed by atoms with E-state index in [1.807, 2.05) is 29.2 Å². The summed E-state index contributed by atoms with van der Waals surface area (Å²) < 4.78 is 5.26. The van der Waals surface area contributed by atoms with Crippen molar-refractivity contribution in [1.29, 1.82) is 0 Å². The van der Waals surface area contributed by atoms with Gasteiger partial charge in [-0.15, -0.1) is 0 Å². The van der Waals surface area contributed by atoms with Gasteiger partial charge < -0.3 is 20.1 Å². The fourth-order valence-corrected chi connectivity index (χ4v) is 2.93. The predicted octanol–water partition coefficient (Wildman–Crippen LogP) is 2.12. The van der Waals surface area contributed by atoms with Crippen LogP contribution in [0.2, 0.25) is 0 Å². The highest BCUT2D eigenvalue weighted by Crippen LogP contribution is 2.34. The maximum absolute atomic E-state index is 12.3. The molecule has 0 spiro atoms. The smallest absolute Gasteiger partial charge is 0.241 e. The lowest BCUT2D eigenvalue weighted by Gasteiger charge is -2.40. The molecule has 1 amide bonds. The topological polar surface area (TPSA) is 61.8 Å². The quantitative estimate of drug-likeness (QED) is 0.845. The number of anilines is 1. The van der Waals surface area contributed by atoms with E-state index in [0.29, 0.717) is 0 Å². The van der Waals surface area contributed by atoms with Crippen molar-refractivity contribution in [2.75, 3.05) is 38.7 Å². The fraction of sp³-hybridized carbons (Fsp3) is 0.588. The summed E-state index contributed by atoms with van der Waals surface area (Å²) in [6.45, 7) is 4.03. The third-order valence-electron chi connectivity index (χ3n) is 4.80. The van der Waals surface area contributed by atoms with Crippen LogP contribution in [0.4, 0.5) is 5.69 Å². The number of likely N-dealkylation sites (tertiary alicyclic amines) is 1. The molecule has 122 valence electrons. The molecule has 0 atom stereocenters. The zero-order valence-electron chi connectivity index (χ0n) is 13.5. The first kappa shape index (κ1) is 16.6. The first-order valence-corrected chi connectivity index (χ1v) is 7.89. The molecule has 0 aromatic heterocycles. The van der Waals surface area contributed by atoms with Crippen LogP contribution in [0.1, 0.15) is 26.2 Å². The van der Waals surface area contributed by atoms with Gasteiger partial charge in [-0.3, -0.25) is 4.79 Å². The molecule has 1 aliphatic rings. The molecule has 1 fully saturated rings. The molecule has 1 heterocycles. The van der Waals surface area contributed by atoms with E-state index in [0.717, 1.165) is 43.8 Å². The molecule has 2 rings (SSSR count). The van der Waals surface area contributed by atoms with Crippen LogP contribution >= 0.6 is 0 Å². The lowest BCUT2D eigenvalue weighted by molar-refractivity contribution is -0.132. The summed E-state index contributed by atoms with van der Waals surface area (Å²) in [5, 5.41) is 12.7. The van der Waals surface area contributed by atoms with Crippen molar-refractivity contribution in [2.45, 2.75) is 26.2 Å². The highest BCUT2D eigenvalue weighted by Gasteiger charge is 2.33. The molecule has 1 aliphatic heterocycles. The summed E-state index contributed by atoms with van der Waals surface area (Å²) in [4.78, 5) is 14.2. The molecule has 5 nitrogen and oxygen atoms in total. The second kappa shape index (κ2) is 7.49. The Hall–Kier alpha value is -1.75. The van der Waals surface area contributed by atoms with E-state index in [9.17, 15) is 9.90 Å².